The molecule has 1 aromatic rings. The Morgan fingerprint density at radius 2 is 2.19 bits per heavy atom. The van der Waals surface area contributed by atoms with E-state index in [1.54, 1.807) is 13.0 Å². The van der Waals surface area contributed by atoms with Crippen LogP contribution in [0.4, 0.5) is 5.82 Å². The van der Waals surface area contributed by atoms with Gasteiger partial charge < -0.3 is 19.9 Å². The summed E-state index contributed by atoms with van der Waals surface area (Å²) in [6, 6.07) is 0.982. The number of hydrogen-bond donors (Lipinski definition) is 2. The molecule has 1 unspecified atom stereocenters. The number of carbonyl (C=O) groups excluding carboxylic acids is 2. The van der Waals surface area contributed by atoms with Gasteiger partial charge >= 0.3 is 0 Å². The molecule has 21 heavy (non-hydrogen) atoms. The molecule has 2 amide bonds. The smallest absolute Gasteiger partial charge is 0.249 e. The summed E-state index contributed by atoms with van der Waals surface area (Å²) in [5.74, 6) is 0.343. The van der Waals surface area contributed by atoms with Gasteiger partial charge in [0.15, 0.2) is 5.82 Å². The lowest BCUT2D eigenvalue weighted by atomic mass is 10.0. The van der Waals surface area contributed by atoms with Gasteiger partial charge in [-0.25, -0.2) is 0 Å². The molecule has 0 aromatic carbocycles. The average molecular weight is 295 g/mol. The highest BCUT2D eigenvalue weighted by atomic mass is 16.5. The third-order valence-electron chi connectivity index (χ3n) is 3.35. The number of aromatic nitrogens is 1. The standard InChI is InChI=1S/C14H21N3O4/c1-8(2)12(16-13(18)10-5-4-6-20-10)14(19)15-11-7-9(3)21-17-11/h7-8,10,12H,4-6H2,1-3H3,(H,16,18)(H,15,17,19)/t10?,12-/m0/s1. The van der Waals surface area contributed by atoms with Gasteiger partial charge in [0.2, 0.25) is 11.8 Å². The molecule has 116 valence electrons. The summed E-state index contributed by atoms with van der Waals surface area (Å²) in [5, 5.41) is 9.10. The predicted molar refractivity (Wildman–Crippen MR) is 75.6 cm³/mol. The van der Waals surface area contributed by atoms with E-state index in [-0.39, 0.29) is 17.7 Å². The van der Waals surface area contributed by atoms with Crippen LogP contribution in [0, 0.1) is 12.8 Å². The molecule has 0 spiro atoms. The van der Waals surface area contributed by atoms with Gasteiger partial charge in [-0.3, -0.25) is 9.59 Å². The van der Waals surface area contributed by atoms with Gasteiger partial charge in [0.1, 0.15) is 17.9 Å². The van der Waals surface area contributed by atoms with Gasteiger partial charge in [0.25, 0.3) is 0 Å². The fraction of sp³-hybridized carbons (Fsp3) is 0.643. The van der Waals surface area contributed by atoms with Crippen LogP contribution in [0.3, 0.4) is 0 Å². The molecule has 1 aliphatic rings. The van der Waals surface area contributed by atoms with E-state index in [2.05, 4.69) is 15.8 Å². The third kappa shape index (κ3) is 4.04. The molecule has 0 bridgehead atoms. The Morgan fingerprint density at radius 1 is 1.43 bits per heavy atom. The quantitative estimate of drug-likeness (QED) is 0.852. The van der Waals surface area contributed by atoms with E-state index in [1.165, 1.54) is 0 Å². The van der Waals surface area contributed by atoms with Crippen LogP contribution >= 0.6 is 0 Å². The van der Waals surface area contributed by atoms with E-state index in [1.807, 2.05) is 13.8 Å². The van der Waals surface area contributed by atoms with E-state index in [4.69, 9.17) is 9.26 Å². The van der Waals surface area contributed by atoms with Crippen molar-refractivity contribution < 1.29 is 18.8 Å². The second-order valence-electron chi connectivity index (χ2n) is 5.54. The van der Waals surface area contributed by atoms with Crippen LogP contribution in [0.2, 0.25) is 0 Å². The summed E-state index contributed by atoms with van der Waals surface area (Å²) in [7, 11) is 0. The minimum absolute atomic E-state index is 0.0525. The van der Waals surface area contributed by atoms with Crippen LogP contribution in [-0.2, 0) is 14.3 Å². The number of amides is 2. The van der Waals surface area contributed by atoms with Crippen LogP contribution in [0.15, 0.2) is 10.6 Å². The van der Waals surface area contributed by atoms with E-state index in [9.17, 15) is 9.59 Å². The Morgan fingerprint density at radius 3 is 2.71 bits per heavy atom. The second kappa shape index (κ2) is 6.71. The predicted octanol–water partition coefficient (Wildman–Crippen LogP) is 1.24. The molecule has 2 atom stereocenters. The van der Waals surface area contributed by atoms with E-state index < -0.39 is 12.1 Å². The normalized spacial score (nSPS) is 19.5. The van der Waals surface area contributed by atoms with Gasteiger partial charge in [0.05, 0.1) is 0 Å². The Labute approximate surface area is 123 Å². The highest BCUT2D eigenvalue weighted by Gasteiger charge is 2.30. The van der Waals surface area contributed by atoms with E-state index in [0.29, 0.717) is 24.6 Å². The average Bonchev–Trinajstić information content (AvgIpc) is 3.06. The van der Waals surface area contributed by atoms with Gasteiger partial charge in [-0.1, -0.05) is 19.0 Å². The molecule has 7 nitrogen and oxygen atoms in total. The van der Waals surface area contributed by atoms with E-state index >= 15 is 0 Å². The van der Waals surface area contributed by atoms with Crippen molar-refractivity contribution in [3.63, 3.8) is 0 Å². The van der Waals surface area contributed by atoms with Gasteiger partial charge in [-0.05, 0) is 25.7 Å². The zero-order valence-corrected chi connectivity index (χ0v) is 12.5. The summed E-state index contributed by atoms with van der Waals surface area (Å²) >= 11 is 0. The second-order valence-corrected chi connectivity index (χ2v) is 5.54. The molecule has 1 saturated heterocycles. The number of carbonyl (C=O) groups is 2. The Bertz CT molecular complexity index is 506. The Balaban J connectivity index is 1.97. The minimum Gasteiger partial charge on any atom is -0.368 e. The van der Waals surface area contributed by atoms with Crippen LogP contribution in [0.1, 0.15) is 32.4 Å². The summed E-state index contributed by atoms with van der Waals surface area (Å²) in [6.45, 7) is 6.07. The van der Waals surface area contributed by atoms with Crippen molar-refractivity contribution in [2.24, 2.45) is 5.92 Å². The first-order chi connectivity index (χ1) is 9.97. The molecular formula is C14H21N3O4. The molecule has 1 aromatic heterocycles. The van der Waals surface area contributed by atoms with Crippen molar-refractivity contribution >= 4 is 17.6 Å². The molecule has 0 saturated carbocycles. The number of rotatable bonds is 5. The summed E-state index contributed by atoms with van der Waals surface area (Å²) in [5.41, 5.74) is 0. The maximum Gasteiger partial charge on any atom is 0.249 e. The zero-order valence-electron chi connectivity index (χ0n) is 12.5. The van der Waals surface area contributed by atoms with Gasteiger partial charge in [0, 0.05) is 12.7 Å². The molecule has 0 aliphatic carbocycles. The van der Waals surface area contributed by atoms with Crippen molar-refractivity contribution in [3.05, 3.63) is 11.8 Å². The van der Waals surface area contributed by atoms with Crippen LogP contribution < -0.4 is 10.6 Å². The minimum atomic E-state index is -0.640. The maximum absolute atomic E-state index is 12.3. The van der Waals surface area contributed by atoms with Crippen molar-refractivity contribution in [1.29, 1.82) is 0 Å². The van der Waals surface area contributed by atoms with Crippen LogP contribution in [-0.4, -0.2) is 35.7 Å². The van der Waals surface area contributed by atoms with Crippen molar-refractivity contribution in [1.82, 2.24) is 10.5 Å². The first kappa shape index (κ1) is 15.5. The van der Waals surface area contributed by atoms with Gasteiger partial charge in [-0.2, -0.15) is 0 Å². The Hall–Kier alpha value is -1.89. The van der Waals surface area contributed by atoms with E-state index in [0.717, 1.165) is 6.42 Å². The van der Waals surface area contributed by atoms with Crippen molar-refractivity contribution in [2.75, 3.05) is 11.9 Å². The number of nitrogens with one attached hydrogen (secondary N) is 2. The lowest BCUT2D eigenvalue weighted by Gasteiger charge is -2.22. The van der Waals surface area contributed by atoms with Crippen molar-refractivity contribution in [3.8, 4) is 0 Å². The summed E-state index contributed by atoms with van der Waals surface area (Å²) in [4.78, 5) is 24.3. The van der Waals surface area contributed by atoms with Crippen LogP contribution in [0.5, 0.6) is 0 Å². The molecule has 7 heteroatoms. The molecule has 2 heterocycles. The fourth-order valence-electron chi connectivity index (χ4n) is 2.19. The number of ether oxygens (including phenoxy) is 1. The summed E-state index contributed by atoms with van der Waals surface area (Å²) in [6.07, 6.45) is 1.11. The highest BCUT2D eigenvalue weighted by Crippen LogP contribution is 2.14. The largest absolute Gasteiger partial charge is 0.368 e. The number of anilines is 1. The van der Waals surface area contributed by atoms with Crippen molar-refractivity contribution in [2.45, 2.75) is 45.8 Å². The molecule has 2 rings (SSSR count). The maximum atomic E-state index is 12.3. The molecule has 1 fully saturated rings. The SMILES string of the molecule is Cc1cc(NC(=O)[C@@H](NC(=O)C2CCCO2)C(C)C)no1. The molecule has 0 radical (unpaired) electrons. The monoisotopic (exact) mass is 295 g/mol. The van der Waals surface area contributed by atoms with Crippen LogP contribution in [0.25, 0.3) is 0 Å². The lowest BCUT2D eigenvalue weighted by molar-refractivity contribution is -0.134. The Kier molecular flexibility index (Phi) is 4.95. The number of nitrogens with zero attached hydrogens (tertiary/aromatic N) is 1. The molecule has 1 aliphatic heterocycles. The topological polar surface area (TPSA) is 93.5 Å². The number of aryl methyl sites for hydroxylation is 1. The summed E-state index contributed by atoms with van der Waals surface area (Å²) < 4.78 is 10.2. The fourth-order valence-corrected chi connectivity index (χ4v) is 2.19. The molecular weight excluding hydrogens is 274 g/mol. The third-order valence-corrected chi connectivity index (χ3v) is 3.35. The zero-order chi connectivity index (χ0) is 15.4. The lowest BCUT2D eigenvalue weighted by Crippen LogP contribution is -2.50. The first-order valence-electron chi connectivity index (χ1n) is 7.13. The highest BCUT2D eigenvalue weighted by molar-refractivity contribution is 5.97. The number of hydrogen-bond acceptors (Lipinski definition) is 5. The first-order valence-corrected chi connectivity index (χ1v) is 7.13. The van der Waals surface area contributed by atoms with Gasteiger partial charge in [-0.15, -0.1) is 0 Å². The molecule has 2 N–H and O–H groups in total.